The molecule has 0 saturated carbocycles. The van der Waals surface area contributed by atoms with E-state index in [9.17, 15) is 0 Å². The van der Waals surface area contributed by atoms with E-state index in [1.807, 2.05) is 49.4 Å². The summed E-state index contributed by atoms with van der Waals surface area (Å²) in [7, 11) is 0. The smallest absolute Gasteiger partial charge is 0.239 e. The fraction of sp³-hybridized carbons (Fsp3) is 0.0667. The lowest BCUT2D eigenvalue weighted by atomic mass is 10.2. The Labute approximate surface area is 130 Å². The lowest BCUT2D eigenvalue weighted by molar-refractivity contribution is 1.15. The predicted molar refractivity (Wildman–Crippen MR) is 89.5 cm³/mol. The van der Waals surface area contributed by atoms with Crippen LogP contribution in [0.2, 0.25) is 0 Å². The minimum absolute atomic E-state index is 0.379. The summed E-state index contributed by atoms with van der Waals surface area (Å²) in [6.07, 6.45) is 0. The van der Waals surface area contributed by atoms with Gasteiger partial charge in [-0.2, -0.15) is 4.98 Å². The van der Waals surface area contributed by atoms with Crippen molar-refractivity contribution in [2.75, 3.05) is 10.7 Å². The molecule has 0 aliphatic rings. The summed E-state index contributed by atoms with van der Waals surface area (Å²) in [6, 6.07) is 13.9. The molecule has 6 heteroatoms. The van der Waals surface area contributed by atoms with E-state index in [1.165, 1.54) is 0 Å². The van der Waals surface area contributed by atoms with Crippen molar-refractivity contribution in [1.29, 1.82) is 0 Å². The Balaban J connectivity index is 2.13. The van der Waals surface area contributed by atoms with Crippen molar-refractivity contribution in [3.05, 3.63) is 52.5 Å². The van der Waals surface area contributed by atoms with Crippen LogP contribution in [-0.4, -0.2) is 9.97 Å². The first-order valence-corrected chi connectivity index (χ1v) is 7.23. The van der Waals surface area contributed by atoms with E-state index in [4.69, 9.17) is 5.84 Å². The minimum Gasteiger partial charge on any atom is -0.339 e. The molecular formula is C15H14BrN5. The Hall–Kier alpha value is -2.18. The average molecular weight is 344 g/mol. The normalized spacial score (nSPS) is 10.6. The van der Waals surface area contributed by atoms with Gasteiger partial charge in [0.25, 0.3) is 0 Å². The van der Waals surface area contributed by atoms with Gasteiger partial charge < -0.3 is 5.32 Å². The molecule has 1 heterocycles. The second kappa shape index (κ2) is 5.67. The quantitative estimate of drug-likeness (QED) is 0.499. The number of hydrogen-bond donors (Lipinski definition) is 3. The van der Waals surface area contributed by atoms with Gasteiger partial charge in [0.15, 0.2) is 0 Å². The molecule has 0 amide bonds. The van der Waals surface area contributed by atoms with Crippen molar-refractivity contribution in [2.45, 2.75) is 6.92 Å². The highest BCUT2D eigenvalue weighted by molar-refractivity contribution is 9.10. The maximum absolute atomic E-state index is 5.45. The number of benzene rings is 2. The number of nitrogen functional groups attached to an aromatic ring is 1. The van der Waals surface area contributed by atoms with Gasteiger partial charge in [0, 0.05) is 15.5 Å². The third-order valence-electron chi connectivity index (χ3n) is 3.19. The van der Waals surface area contributed by atoms with Crippen LogP contribution >= 0.6 is 15.9 Å². The molecule has 2 aromatic carbocycles. The van der Waals surface area contributed by atoms with Crippen LogP contribution in [0.3, 0.4) is 0 Å². The summed E-state index contributed by atoms with van der Waals surface area (Å²) < 4.78 is 1.01. The van der Waals surface area contributed by atoms with Crippen molar-refractivity contribution < 1.29 is 0 Å². The Bertz CT molecular complexity index is 803. The van der Waals surface area contributed by atoms with E-state index in [2.05, 4.69) is 36.6 Å². The Morgan fingerprint density at radius 2 is 1.90 bits per heavy atom. The number of nitrogens with one attached hydrogen (secondary N) is 2. The van der Waals surface area contributed by atoms with E-state index in [-0.39, 0.29) is 0 Å². The number of aryl methyl sites for hydroxylation is 1. The number of hydrogen-bond acceptors (Lipinski definition) is 5. The molecule has 0 saturated heterocycles. The fourth-order valence-corrected chi connectivity index (χ4v) is 2.45. The summed E-state index contributed by atoms with van der Waals surface area (Å²) in [5, 5.41) is 4.29. The van der Waals surface area contributed by atoms with Gasteiger partial charge in [-0.3, -0.25) is 5.43 Å². The fourth-order valence-electron chi connectivity index (χ4n) is 2.09. The van der Waals surface area contributed by atoms with Crippen LogP contribution in [0.15, 0.2) is 46.9 Å². The van der Waals surface area contributed by atoms with Gasteiger partial charge in [-0.15, -0.1) is 0 Å². The Morgan fingerprint density at radius 1 is 1.10 bits per heavy atom. The molecule has 0 unspecified atom stereocenters. The zero-order valence-corrected chi connectivity index (χ0v) is 13.0. The first kappa shape index (κ1) is 13.8. The first-order chi connectivity index (χ1) is 10.2. The molecule has 0 aliphatic carbocycles. The van der Waals surface area contributed by atoms with Crippen LogP contribution in [0.1, 0.15) is 5.56 Å². The van der Waals surface area contributed by atoms with Gasteiger partial charge in [-0.1, -0.05) is 34.1 Å². The van der Waals surface area contributed by atoms with Crippen LogP contribution in [0.25, 0.3) is 10.9 Å². The third-order valence-corrected chi connectivity index (χ3v) is 3.68. The number of nitrogens with two attached hydrogens (primary N) is 1. The minimum atomic E-state index is 0.379. The number of nitrogens with zero attached hydrogens (tertiary/aromatic N) is 2. The number of rotatable bonds is 3. The lowest BCUT2D eigenvalue weighted by Gasteiger charge is -2.12. The number of hydrazine groups is 1. The highest BCUT2D eigenvalue weighted by Gasteiger charge is 2.08. The largest absolute Gasteiger partial charge is 0.339 e. The molecule has 106 valence electrons. The van der Waals surface area contributed by atoms with Crippen molar-refractivity contribution in [3.8, 4) is 0 Å². The standard InChI is InChI=1S/C15H14BrN5/c1-9-6-7-10(16)8-13(9)18-14-11-4-2-3-5-12(11)19-15(20-14)21-17/h2-8H,17H2,1H3,(H2,18,19,20,21). The Kier molecular flexibility index (Phi) is 3.72. The molecule has 3 aromatic rings. The van der Waals surface area contributed by atoms with Gasteiger partial charge >= 0.3 is 0 Å². The summed E-state index contributed by atoms with van der Waals surface area (Å²) in [5.41, 5.74) is 5.44. The molecule has 5 nitrogen and oxygen atoms in total. The molecule has 4 N–H and O–H groups in total. The highest BCUT2D eigenvalue weighted by Crippen LogP contribution is 2.28. The maximum Gasteiger partial charge on any atom is 0.239 e. The zero-order chi connectivity index (χ0) is 14.8. The summed E-state index contributed by atoms with van der Waals surface area (Å²) in [4.78, 5) is 8.75. The van der Waals surface area contributed by atoms with Crippen LogP contribution in [0.5, 0.6) is 0 Å². The number of aromatic nitrogens is 2. The highest BCUT2D eigenvalue weighted by atomic mass is 79.9. The van der Waals surface area contributed by atoms with E-state index in [1.54, 1.807) is 0 Å². The van der Waals surface area contributed by atoms with Crippen LogP contribution in [0, 0.1) is 6.92 Å². The van der Waals surface area contributed by atoms with Gasteiger partial charge in [-0.25, -0.2) is 10.8 Å². The molecule has 0 aliphatic heterocycles. The number of para-hydroxylation sites is 1. The zero-order valence-electron chi connectivity index (χ0n) is 11.4. The molecule has 0 fully saturated rings. The van der Waals surface area contributed by atoms with E-state index >= 15 is 0 Å². The second-order valence-electron chi connectivity index (χ2n) is 4.64. The van der Waals surface area contributed by atoms with Crippen molar-refractivity contribution in [1.82, 2.24) is 9.97 Å². The molecule has 0 bridgehead atoms. The van der Waals surface area contributed by atoms with E-state index in [0.29, 0.717) is 5.95 Å². The van der Waals surface area contributed by atoms with Gasteiger partial charge in [0.05, 0.1) is 5.52 Å². The topological polar surface area (TPSA) is 75.9 Å². The molecular weight excluding hydrogens is 330 g/mol. The van der Waals surface area contributed by atoms with Crippen LogP contribution < -0.4 is 16.6 Å². The predicted octanol–water partition coefficient (Wildman–Crippen LogP) is 3.73. The van der Waals surface area contributed by atoms with Crippen molar-refractivity contribution >= 4 is 44.3 Å². The maximum atomic E-state index is 5.45. The second-order valence-corrected chi connectivity index (χ2v) is 5.56. The van der Waals surface area contributed by atoms with Gasteiger partial charge in [-0.05, 0) is 36.8 Å². The van der Waals surface area contributed by atoms with E-state index < -0.39 is 0 Å². The lowest BCUT2D eigenvalue weighted by Crippen LogP contribution is -2.11. The molecule has 0 radical (unpaired) electrons. The third kappa shape index (κ3) is 2.81. The summed E-state index contributed by atoms with van der Waals surface area (Å²) >= 11 is 3.48. The average Bonchev–Trinajstić information content (AvgIpc) is 2.50. The van der Waals surface area contributed by atoms with Crippen LogP contribution in [-0.2, 0) is 0 Å². The summed E-state index contributed by atoms with van der Waals surface area (Å²) in [5.74, 6) is 6.54. The molecule has 0 spiro atoms. The molecule has 1 aromatic heterocycles. The SMILES string of the molecule is Cc1ccc(Br)cc1Nc1nc(NN)nc2ccccc12. The number of halogens is 1. The van der Waals surface area contributed by atoms with Crippen molar-refractivity contribution in [2.24, 2.45) is 5.84 Å². The molecule has 21 heavy (non-hydrogen) atoms. The number of fused-ring (bicyclic) bond motifs is 1. The monoisotopic (exact) mass is 343 g/mol. The van der Waals surface area contributed by atoms with Crippen molar-refractivity contribution in [3.63, 3.8) is 0 Å². The summed E-state index contributed by atoms with van der Waals surface area (Å²) in [6.45, 7) is 2.04. The molecule has 0 atom stereocenters. The van der Waals surface area contributed by atoms with E-state index in [0.717, 1.165) is 32.4 Å². The molecule has 3 rings (SSSR count). The van der Waals surface area contributed by atoms with Gasteiger partial charge in [0.2, 0.25) is 5.95 Å². The Morgan fingerprint density at radius 3 is 2.71 bits per heavy atom. The van der Waals surface area contributed by atoms with Crippen LogP contribution in [0.4, 0.5) is 17.5 Å². The first-order valence-electron chi connectivity index (χ1n) is 6.44. The van der Waals surface area contributed by atoms with Gasteiger partial charge in [0.1, 0.15) is 5.82 Å². The number of anilines is 3.